The summed E-state index contributed by atoms with van der Waals surface area (Å²) in [4.78, 5) is 54.0. The van der Waals surface area contributed by atoms with Crippen molar-refractivity contribution < 1.29 is 28.3 Å². The number of hydrogen-bond acceptors (Lipinski definition) is 5. The van der Waals surface area contributed by atoms with E-state index in [4.69, 9.17) is 0 Å². The molecule has 0 radical (unpaired) electrons. The molecule has 1 aromatic heterocycles. The summed E-state index contributed by atoms with van der Waals surface area (Å²) in [5, 5.41) is 15.0. The number of pyridine rings is 1. The highest BCUT2D eigenvalue weighted by atomic mass is 19.1. The maximum atomic E-state index is 15.6. The topological polar surface area (TPSA) is 121 Å². The first-order chi connectivity index (χ1) is 21.8. The van der Waals surface area contributed by atoms with E-state index >= 15 is 4.39 Å². The Morgan fingerprint density at radius 1 is 0.957 bits per heavy atom. The average molecular weight is 639 g/mol. The predicted octanol–water partition coefficient (Wildman–Crippen LogP) is 5.29. The number of rotatable bonds is 15. The third-order valence-corrected chi connectivity index (χ3v) is 8.15. The van der Waals surface area contributed by atoms with E-state index in [1.54, 1.807) is 32.2 Å². The van der Waals surface area contributed by atoms with Crippen molar-refractivity contribution in [3.63, 3.8) is 0 Å². The third kappa shape index (κ3) is 8.87. The van der Waals surface area contributed by atoms with Crippen LogP contribution in [-0.4, -0.2) is 58.0 Å². The van der Waals surface area contributed by atoms with E-state index < -0.39 is 53.5 Å². The van der Waals surface area contributed by atoms with Crippen molar-refractivity contribution in [1.82, 2.24) is 20.1 Å². The van der Waals surface area contributed by atoms with Gasteiger partial charge < -0.3 is 25.2 Å². The fraction of sp³-hybridized carbons (Fsp3) is 0.429. The van der Waals surface area contributed by atoms with Gasteiger partial charge in [0, 0.05) is 24.8 Å². The Balaban J connectivity index is 1.92. The maximum Gasteiger partial charge on any atom is 0.305 e. The fourth-order valence-corrected chi connectivity index (χ4v) is 5.71. The monoisotopic (exact) mass is 638 g/mol. The molecule has 2 aromatic carbocycles. The molecule has 2 amide bonds. The second-order valence-electron chi connectivity index (χ2n) is 11.5. The van der Waals surface area contributed by atoms with Crippen molar-refractivity contribution in [3.8, 4) is 11.1 Å². The first-order valence-corrected chi connectivity index (χ1v) is 15.6. The largest absolute Gasteiger partial charge is 0.481 e. The summed E-state index contributed by atoms with van der Waals surface area (Å²) >= 11 is 0. The first-order valence-electron chi connectivity index (χ1n) is 15.6. The van der Waals surface area contributed by atoms with Gasteiger partial charge in [0.2, 0.25) is 5.91 Å². The maximum absolute atomic E-state index is 15.6. The molecule has 0 bridgehead atoms. The van der Waals surface area contributed by atoms with Crippen molar-refractivity contribution >= 4 is 17.8 Å². The summed E-state index contributed by atoms with van der Waals surface area (Å²) in [6, 6.07) is 6.38. The van der Waals surface area contributed by atoms with E-state index in [-0.39, 0.29) is 23.1 Å². The number of carboxylic acids is 1. The Hall–Kier alpha value is -4.38. The Morgan fingerprint density at radius 2 is 1.61 bits per heavy atom. The molecule has 0 aliphatic heterocycles. The summed E-state index contributed by atoms with van der Waals surface area (Å²) in [6.45, 7) is 13.5. The molecule has 0 saturated carbocycles. The first kappa shape index (κ1) is 36.1. The molecule has 0 saturated heterocycles. The molecule has 1 heterocycles. The Morgan fingerprint density at radius 3 is 2.20 bits per heavy atom. The fourth-order valence-electron chi connectivity index (χ4n) is 5.71. The van der Waals surface area contributed by atoms with Crippen LogP contribution in [0.25, 0.3) is 11.1 Å². The van der Waals surface area contributed by atoms with Gasteiger partial charge in [-0.25, -0.2) is 8.78 Å². The number of nitrogens with zero attached hydrogens (tertiary/aromatic N) is 2. The molecule has 3 N–H and O–H groups in total. The number of amides is 2. The Bertz CT molecular complexity index is 1610. The van der Waals surface area contributed by atoms with E-state index in [1.807, 2.05) is 20.8 Å². The third-order valence-electron chi connectivity index (χ3n) is 8.15. The Labute approximate surface area is 268 Å². The number of halogens is 2. The average Bonchev–Trinajstić information content (AvgIpc) is 2.98. The lowest BCUT2D eigenvalue weighted by molar-refractivity contribution is -0.137. The highest BCUT2D eigenvalue weighted by Gasteiger charge is 2.28. The van der Waals surface area contributed by atoms with Crippen LogP contribution in [-0.2, 0) is 16.1 Å². The summed E-state index contributed by atoms with van der Waals surface area (Å²) in [5.41, 5.74) is 2.01. The van der Waals surface area contributed by atoms with Crippen LogP contribution in [0.3, 0.4) is 0 Å². The van der Waals surface area contributed by atoms with Crippen LogP contribution >= 0.6 is 0 Å². The number of aryl methyl sites for hydroxylation is 3. The number of likely N-dealkylation sites (N-methyl/N-ethyl adjacent to an activating group) is 1. The van der Waals surface area contributed by atoms with Crippen molar-refractivity contribution in [2.24, 2.45) is 0 Å². The number of benzene rings is 2. The van der Waals surface area contributed by atoms with Crippen LogP contribution in [0, 0.1) is 32.4 Å². The quantitative estimate of drug-likeness (QED) is 0.208. The lowest BCUT2D eigenvalue weighted by Crippen LogP contribution is -2.49. The molecule has 0 spiro atoms. The zero-order valence-electron chi connectivity index (χ0n) is 27.4. The van der Waals surface area contributed by atoms with Crippen molar-refractivity contribution in [2.45, 2.75) is 79.4 Å². The number of carbonyl (C=O) groups is 3. The predicted molar refractivity (Wildman–Crippen MR) is 174 cm³/mol. The van der Waals surface area contributed by atoms with E-state index in [2.05, 4.69) is 15.5 Å². The van der Waals surface area contributed by atoms with Gasteiger partial charge >= 0.3 is 5.97 Å². The summed E-state index contributed by atoms with van der Waals surface area (Å²) in [5.74, 6) is -3.81. The molecule has 0 unspecified atom stereocenters. The summed E-state index contributed by atoms with van der Waals surface area (Å²) in [7, 11) is 0. The van der Waals surface area contributed by atoms with Crippen molar-refractivity contribution in [1.29, 1.82) is 0 Å². The van der Waals surface area contributed by atoms with Crippen LogP contribution in [0.5, 0.6) is 0 Å². The van der Waals surface area contributed by atoms with Crippen molar-refractivity contribution in [2.75, 3.05) is 19.6 Å². The van der Waals surface area contributed by atoms with Crippen LogP contribution in [0.2, 0.25) is 0 Å². The normalized spacial score (nSPS) is 12.5. The molecular weight excluding hydrogens is 594 g/mol. The number of aliphatic carboxylic acids is 1. The molecule has 2 atom stereocenters. The molecule has 11 heteroatoms. The zero-order valence-corrected chi connectivity index (χ0v) is 27.4. The summed E-state index contributed by atoms with van der Waals surface area (Å²) < 4.78 is 31.1. The lowest BCUT2D eigenvalue weighted by Gasteiger charge is -2.24. The molecule has 46 heavy (non-hydrogen) atoms. The van der Waals surface area contributed by atoms with E-state index in [0.717, 1.165) is 13.1 Å². The van der Waals surface area contributed by atoms with Gasteiger partial charge in [-0.05, 0) is 104 Å². The molecular formula is C35H44F2N4O5. The van der Waals surface area contributed by atoms with Gasteiger partial charge in [-0.3, -0.25) is 19.2 Å². The lowest BCUT2D eigenvalue weighted by atomic mass is 9.90. The number of aromatic nitrogens is 1. The molecule has 3 rings (SSSR count). The van der Waals surface area contributed by atoms with Crippen molar-refractivity contribution in [3.05, 3.63) is 92.4 Å². The van der Waals surface area contributed by atoms with E-state index in [1.165, 1.54) is 35.8 Å². The number of nitrogens with one attached hydrogen (secondary N) is 2. The van der Waals surface area contributed by atoms with E-state index in [9.17, 15) is 28.7 Å². The van der Waals surface area contributed by atoms with Gasteiger partial charge in [0.25, 0.3) is 11.5 Å². The molecule has 9 nitrogen and oxygen atoms in total. The standard InChI is InChI=1S/C35H44F2N4O5/c1-7-11-28(38-33(44)26-12-10-13-41(35(26)46)15-14-40(8-2)9-3)34(45)39-29(20-30(42)43)27-19-24(16-23(6)32(27)37)31-21(4)17-25(36)18-22(31)5/h10,12-13,16-19,28-29H,7-9,11,14-15,20H2,1-6H3,(H,38,44)(H,39,45)(H,42,43)/t28-,29-/m0/s1. The van der Waals surface area contributed by atoms with Gasteiger partial charge in [0.1, 0.15) is 23.2 Å². The second-order valence-corrected chi connectivity index (χ2v) is 11.5. The highest BCUT2D eigenvalue weighted by Crippen LogP contribution is 2.33. The smallest absolute Gasteiger partial charge is 0.305 e. The second kappa shape index (κ2) is 16.3. The van der Waals surface area contributed by atoms with Crippen LogP contribution in [0.1, 0.15) is 78.7 Å². The molecule has 248 valence electrons. The Kier molecular flexibility index (Phi) is 12.8. The van der Waals surface area contributed by atoms with E-state index in [0.29, 0.717) is 41.8 Å². The molecule has 0 aliphatic rings. The zero-order chi connectivity index (χ0) is 34.1. The number of carbonyl (C=O) groups excluding carboxylic acids is 2. The SMILES string of the molecule is CCC[C@H](NC(=O)c1cccn(CCN(CC)CC)c1=O)C(=O)N[C@@H](CC(=O)O)c1cc(-c2c(C)cc(F)cc2C)cc(C)c1F. The minimum atomic E-state index is -1.28. The van der Waals surface area contributed by atoms with Crippen LogP contribution in [0.15, 0.2) is 47.4 Å². The minimum absolute atomic E-state index is 0.0467. The van der Waals surface area contributed by atoms with Gasteiger partial charge in [0.15, 0.2) is 0 Å². The van der Waals surface area contributed by atoms with Gasteiger partial charge in [-0.2, -0.15) is 0 Å². The van der Waals surface area contributed by atoms with Gasteiger partial charge in [-0.15, -0.1) is 0 Å². The molecule has 3 aromatic rings. The molecule has 0 aliphatic carbocycles. The number of carboxylic acid groups (broad SMARTS) is 1. The van der Waals surface area contributed by atoms with Gasteiger partial charge in [-0.1, -0.05) is 27.2 Å². The molecule has 0 fully saturated rings. The van der Waals surface area contributed by atoms with Gasteiger partial charge in [0.05, 0.1) is 12.5 Å². The highest BCUT2D eigenvalue weighted by molar-refractivity contribution is 5.97. The van der Waals surface area contributed by atoms with Crippen LogP contribution in [0.4, 0.5) is 8.78 Å². The van der Waals surface area contributed by atoms with Crippen LogP contribution < -0.4 is 16.2 Å². The summed E-state index contributed by atoms with van der Waals surface area (Å²) in [6.07, 6.45) is 1.65. The minimum Gasteiger partial charge on any atom is -0.481 e. The number of hydrogen-bond donors (Lipinski definition) is 3.